The second kappa shape index (κ2) is 3.85. The summed E-state index contributed by atoms with van der Waals surface area (Å²) in [5.74, 6) is -1.76. The van der Waals surface area contributed by atoms with E-state index in [4.69, 9.17) is 0 Å². The normalized spacial score (nSPS) is 10.3. The molecule has 0 saturated carbocycles. The van der Waals surface area contributed by atoms with E-state index in [-0.39, 0.29) is 0 Å². The predicted octanol–water partition coefficient (Wildman–Crippen LogP) is 1.98. The molecule has 0 bridgehead atoms. The summed E-state index contributed by atoms with van der Waals surface area (Å²) in [6.07, 6.45) is 0. The van der Waals surface area contributed by atoms with Crippen LogP contribution in [0.15, 0.2) is 18.2 Å². The van der Waals surface area contributed by atoms with E-state index in [9.17, 15) is 8.78 Å². The van der Waals surface area contributed by atoms with Gasteiger partial charge in [-0.25, -0.2) is 8.78 Å². The molecule has 0 radical (unpaired) electrons. The van der Waals surface area contributed by atoms with Crippen LogP contribution in [0.2, 0.25) is 0 Å². The van der Waals surface area contributed by atoms with Crippen molar-refractivity contribution in [1.82, 2.24) is 14.8 Å². The lowest BCUT2D eigenvalue weighted by molar-refractivity contribution is 0.509. The standard InChI is InChI=1S/C8H6F2N4S/c1-14(8-11-12-13-15-8)5-2-3-6(9)7(10)4-5/h2-4H,1H3. The molecule has 0 unspecified atom stereocenters. The van der Waals surface area contributed by atoms with Crippen LogP contribution in [0.4, 0.5) is 19.6 Å². The van der Waals surface area contributed by atoms with Gasteiger partial charge in [0.2, 0.25) is 5.13 Å². The molecule has 7 heteroatoms. The number of rotatable bonds is 2. The minimum absolute atomic E-state index is 0.493. The lowest BCUT2D eigenvalue weighted by atomic mass is 10.3. The van der Waals surface area contributed by atoms with Crippen molar-refractivity contribution in [2.45, 2.75) is 0 Å². The first kappa shape index (κ1) is 9.91. The summed E-state index contributed by atoms with van der Waals surface area (Å²) in [5.41, 5.74) is 0.493. The van der Waals surface area contributed by atoms with Gasteiger partial charge in [-0.1, -0.05) is 9.59 Å². The highest BCUT2D eigenvalue weighted by Gasteiger charge is 2.10. The molecule has 0 amide bonds. The summed E-state index contributed by atoms with van der Waals surface area (Å²) in [6, 6.07) is 3.62. The van der Waals surface area contributed by atoms with Crippen molar-refractivity contribution in [1.29, 1.82) is 0 Å². The van der Waals surface area contributed by atoms with E-state index in [1.54, 1.807) is 11.9 Å². The van der Waals surface area contributed by atoms with Crippen LogP contribution in [0.1, 0.15) is 0 Å². The third kappa shape index (κ3) is 1.91. The Bertz CT molecular complexity index is 460. The number of hydrogen-bond acceptors (Lipinski definition) is 5. The van der Waals surface area contributed by atoms with E-state index >= 15 is 0 Å². The van der Waals surface area contributed by atoms with Gasteiger partial charge < -0.3 is 4.90 Å². The second-order valence-electron chi connectivity index (χ2n) is 2.80. The van der Waals surface area contributed by atoms with Gasteiger partial charge in [0.05, 0.1) is 0 Å². The van der Waals surface area contributed by atoms with Gasteiger partial charge in [-0.05, 0) is 17.3 Å². The zero-order valence-electron chi connectivity index (χ0n) is 7.69. The minimum Gasteiger partial charge on any atom is -0.318 e. The first-order chi connectivity index (χ1) is 7.18. The fraction of sp³-hybridized carbons (Fsp3) is 0.125. The molecule has 1 heterocycles. The Morgan fingerprint density at radius 2 is 2.07 bits per heavy atom. The Morgan fingerprint density at radius 1 is 1.27 bits per heavy atom. The van der Waals surface area contributed by atoms with Gasteiger partial charge in [-0.2, -0.15) is 0 Å². The molecule has 2 rings (SSSR count). The summed E-state index contributed by atoms with van der Waals surface area (Å²) in [5, 5.41) is 7.64. The Morgan fingerprint density at radius 3 is 2.67 bits per heavy atom. The number of benzene rings is 1. The van der Waals surface area contributed by atoms with Crippen molar-refractivity contribution in [2.75, 3.05) is 11.9 Å². The van der Waals surface area contributed by atoms with Crippen molar-refractivity contribution in [3.63, 3.8) is 0 Å². The van der Waals surface area contributed by atoms with Gasteiger partial charge in [-0.3, -0.25) is 0 Å². The van der Waals surface area contributed by atoms with Gasteiger partial charge >= 0.3 is 0 Å². The molecule has 0 saturated heterocycles. The van der Waals surface area contributed by atoms with Crippen molar-refractivity contribution in [3.8, 4) is 0 Å². The third-order valence-electron chi connectivity index (χ3n) is 1.87. The summed E-state index contributed by atoms with van der Waals surface area (Å²) < 4.78 is 29.2. The predicted molar refractivity (Wildman–Crippen MR) is 52.1 cm³/mol. The first-order valence-corrected chi connectivity index (χ1v) is 4.79. The Balaban J connectivity index is 2.34. The molecule has 0 aliphatic heterocycles. The molecule has 1 aromatic carbocycles. The Labute approximate surface area is 88.3 Å². The van der Waals surface area contributed by atoms with Crippen LogP contribution in [-0.2, 0) is 0 Å². The topological polar surface area (TPSA) is 41.9 Å². The van der Waals surface area contributed by atoms with Crippen LogP contribution >= 0.6 is 11.5 Å². The smallest absolute Gasteiger partial charge is 0.232 e. The van der Waals surface area contributed by atoms with Gasteiger partial charge in [0.15, 0.2) is 11.6 Å². The molecule has 0 N–H and O–H groups in total. The van der Waals surface area contributed by atoms with E-state index in [0.29, 0.717) is 10.8 Å². The lowest BCUT2D eigenvalue weighted by Crippen LogP contribution is -2.09. The monoisotopic (exact) mass is 228 g/mol. The number of aromatic nitrogens is 3. The molecule has 0 spiro atoms. The fourth-order valence-electron chi connectivity index (χ4n) is 1.06. The highest BCUT2D eigenvalue weighted by Crippen LogP contribution is 2.24. The zero-order valence-corrected chi connectivity index (χ0v) is 8.50. The largest absolute Gasteiger partial charge is 0.318 e. The van der Waals surface area contributed by atoms with Crippen molar-refractivity contribution in [2.24, 2.45) is 0 Å². The van der Waals surface area contributed by atoms with Gasteiger partial charge in [0, 0.05) is 30.3 Å². The van der Waals surface area contributed by atoms with E-state index < -0.39 is 11.6 Å². The molecule has 78 valence electrons. The van der Waals surface area contributed by atoms with Crippen LogP contribution in [0.5, 0.6) is 0 Å². The van der Waals surface area contributed by atoms with E-state index in [0.717, 1.165) is 23.7 Å². The molecule has 4 nitrogen and oxygen atoms in total. The number of halogens is 2. The molecule has 0 aliphatic rings. The van der Waals surface area contributed by atoms with Gasteiger partial charge in [-0.15, -0.1) is 0 Å². The number of anilines is 2. The van der Waals surface area contributed by atoms with E-state index in [1.807, 2.05) is 0 Å². The van der Waals surface area contributed by atoms with Crippen LogP contribution in [0, 0.1) is 11.6 Å². The molecule has 1 aromatic heterocycles. The summed E-state index contributed by atoms with van der Waals surface area (Å²) in [7, 11) is 1.68. The maximum atomic E-state index is 12.9. The van der Waals surface area contributed by atoms with Crippen molar-refractivity contribution >= 4 is 22.4 Å². The summed E-state index contributed by atoms with van der Waals surface area (Å²) in [4.78, 5) is 1.58. The van der Waals surface area contributed by atoms with Crippen molar-refractivity contribution in [3.05, 3.63) is 29.8 Å². The van der Waals surface area contributed by atoms with Crippen LogP contribution in [0.25, 0.3) is 0 Å². The maximum absolute atomic E-state index is 12.9. The highest BCUT2D eigenvalue weighted by atomic mass is 32.1. The quantitative estimate of drug-likeness (QED) is 0.788. The molecule has 0 atom stereocenters. The SMILES string of the molecule is CN(c1ccc(F)c(F)c1)c1nnns1. The summed E-state index contributed by atoms with van der Waals surface area (Å²) in [6.45, 7) is 0. The zero-order chi connectivity index (χ0) is 10.8. The highest BCUT2D eigenvalue weighted by molar-refractivity contribution is 7.09. The van der Waals surface area contributed by atoms with Crippen LogP contribution in [0.3, 0.4) is 0 Å². The molecular weight excluding hydrogens is 222 g/mol. The second-order valence-corrected chi connectivity index (χ2v) is 3.51. The first-order valence-electron chi connectivity index (χ1n) is 4.02. The summed E-state index contributed by atoms with van der Waals surface area (Å²) >= 11 is 1.07. The van der Waals surface area contributed by atoms with Crippen LogP contribution in [-0.4, -0.2) is 21.8 Å². The lowest BCUT2D eigenvalue weighted by Gasteiger charge is -2.14. The van der Waals surface area contributed by atoms with E-state index in [2.05, 4.69) is 14.8 Å². The maximum Gasteiger partial charge on any atom is 0.232 e. The Kier molecular flexibility index (Phi) is 2.55. The van der Waals surface area contributed by atoms with Gasteiger partial charge in [0.1, 0.15) is 0 Å². The molecule has 15 heavy (non-hydrogen) atoms. The molecular formula is C8H6F2N4S. The minimum atomic E-state index is -0.892. The van der Waals surface area contributed by atoms with E-state index in [1.165, 1.54) is 6.07 Å². The Hall–Kier alpha value is -1.63. The van der Waals surface area contributed by atoms with Gasteiger partial charge in [0.25, 0.3) is 0 Å². The molecule has 2 aromatic rings. The average Bonchev–Trinajstić information content (AvgIpc) is 2.74. The molecule has 0 aliphatic carbocycles. The average molecular weight is 228 g/mol. The third-order valence-corrected chi connectivity index (χ3v) is 2.54. The number of nitrogens with zero attached hydrogens (tertiary/aromatic N) is 4. The number of hydrogen-bond donors (Lipinski definition) is 0. The molecule has 0 fully saturated rings. The van der Waals surface area contributed by atoms with Crippen LogP contribution < -0.4 is 4.90 Å². The fourth-order valence-corrected chi connectivity index (χ4v) is 1.51. The van der Waals surface area contributed by atoms with Crippen molar-refractivity contribution < 1.29 is 8.78 Å².